The molecule has 186 valence electrons. The maximum Gasteiger partial charge on any atom is 0.253 e. The predicted molar refractivity (Wildman–Crippen MR) is 146 cm³/mol. The maximum atomic E-state index is 13.0. The molecule has 0 radical (unpaired) electrons. The van der Waals surface area contributed by atoms with Gasteiger partial charge in [0.15, 0.2) is 16.6 Å². The first kappa shape index (κ1) is 25.0. The van der Waals surface area contributed by atoms with Gasteiger partial charge in [0.25, 0.3) is 5.56 Å². The molecule has 1 aliphatic rings. The van der Waals surface area contributed by atoms with Crippen LogP contribution in [-0.4, -0.2) is 41.8 Å². The van der Waals surface area contributed by atoms with Crippen molar-refractivity contribution in [1.82, 2.24) is 15.2 Å². The number of methoxy groups -OCH3 is 2. The molecule has 0 unspecified atom stereocenters. The number of hydrogen-bond donors (Lipinski definition) is 2. The fourth-order valence-electron chi connectivity index (χ4n) is 5.05. The van der Waals surface area contributed by atoms with E-state index in [1.54, 1.807) is 14.2 Å². The Bertz CT molecular complexity index is 1260. The van der Waals surface area contributed by atoms with Gasteiger partial charge in [-0.2, -0.15) is 0 Å². The van der Waals surface area contributed by atoms with Gasteiger partial charge in [-0.1, -0.05) is 25.0 Å². The van der Waals surface area contributed by atoms with Crippen molar-refractivity contribution >= 4 is 28.2 Å². The summed E-state index contributed by atoms with van der Waals surface area (Å²) in [5, 5.41) is 5.24. The number of nitrogens with one attached hydrogen (secondary N) is 2. The van der Waals surface area contributed by atoms with Crippen LogP contribution in [0.2, 0.25) is 0 Å². The monoisotopic (exact) mass is 493 g/mol. The molecule has 1 heterocycles. The Balaban J connectivity index is 1.49. The van der Waals surface area contributed by atoms with E-state index in [2.05, 4.69) is 28.2 Å². The van der Waals surface area contributed by atoms with Crippen LogP contribution in [-0.2, 0) is 13.0 Å². The molecule has 7 heteroatoms. The van der Waals surface area contributed by atoms with Crippen molar-refractivity contribution in [3.05, 3.63) is 69.0 Å². The van der Waals surface area contributed by atoms with Crippen LogP contribution in [0.5, 0.6) is 11.5 Å². The lowest BCUT2D eigenvalue weighted by Gasteiger charge is -2.31. The zero-order valence-electron chi connectivity index (χ0n) is 21.1. The largest absolute Gasteiger partial charge is 0.493 e. The Morgan fingerprint density at radius 3 is 2.54 bits per heavy atom. The second kappa shape index (κ2) is 11.1. The second-order valence-corrected chi connectivity index (χ2v) is 9.79. The molecule has 1 aromatic heterocycles. The highest BCUT2D eigenvalue weighted by Gasteiger charge is 2.25. The minimum Gasteiger partial charge on any atom is -0.493 e. The van der Waals surface area contributed by atoms with Crippen LogP contribution < -0.4 is 20.3 Å². The first-order chi connectivity index (χ1) is 16.9. The molecule has 0 bridgehead atoms. The number of fused-ring (bicyclic) bond motifs is 1. The van der Waals surface area contributed by atoms with E-state index in [1.807, 2.05) is 37.3 Å². The Hall–Kier alpha value is -3.06. The van der Waals surface area contributed by atoms with Crippen molar-refractivity contribution in [3.8, 4) is 11.5 Å². The van der Waals surface area contributed by atoms with Crippen molar-refractivity contribution in [2.24, 2.45) is 0 Å². The molecule has 6 nitrogen and oxygen atoms in total. The third-order valence-corrected chi connectivity index (χ3v) is 7.27. The van der Waals surface area contributed by atoms with Crippen LogP contribution in [0.15, 0.2) is 41.2 Å². The molecule has 2 aromatic carbocycles. The van der Waals surface area contributed by atoms with Crippen molar-refractivity contribution in [1.29, 1.82) is 0 Å². The van der Waals surface area contributed by atoms with Crippen LogP contribution in [0.25, 0.3) is 10.9 Å². The van der Waals surface area contributed by atoms with Crippen molar-refractivity contribution in [2.45, 2.75) is 58.5 Å². The number of aromatic amines is 1. The molecule has 2 N–H and O–H groups in total. The number of aromatic nitrogens is 1. The molecule has 35 heavy (non-hydrogen) atoms. The van der Waals surface area contributed by atoms with E-state index in [0.29, 0.717) is 24.2 Å². The van der Waals surface area contributed by atoms with Crippen molar-refractivity contribution < 1.29 is 9.47 Å². The molecule has 3 aromatic rings. The highest BCUT2D eigenvalue weighted by Crippen LogP contribution is 2.28. The lowest BCUT2D eigenvalue weighted by atomic mass is 10.0. The van der Waals surface area contributed by atoms with Crippen LogP contribution >= 0.6 is 12.2 Å². The average molecular weight is 494 g/mol. The second-order valence-electron chi connectivity index (χ2n) is 9.40. The highest BCUT2D eigenvalue weighted by atomic mass is 32.1. The Morgan fingerprint density at radius 1 is 1.09 bits per heavy atom. The summed E-state index contributed by atoms with van der Waals surface area (Å²) in [4.78, 5) is 18.3. The van der Waals surface area contributed by atoms with Crippen LogP contribution in [0.3, 0.4) is 0 Å². The molecule has 1 saturated carbocycles. The minimum absolute atomic E-state index is 0.0429. The summed E-state index contributed by atoms with van der Waals surface area (Å²) >= 11 is 5.85. The standard InChI is InChI=1S/C28H35N3O3S/c1-18-13-19(2)23-16-21(27(32)30-24(23)14-18)17-31(22-7-5-6-8-22)28(35)29-12-11-20-9-10-25(33-3)26(15-20)34-4/h9-10,13-16,22H,5-8,11-12,17H2,1-4H3,(H,29,35)(H,30,32). The van der Waals surface area contributed by atoms with Gasteiger partial charge in [-0.05, 0) is 86.3 Å². The Kier molecular flexibility index (Phi) is 7.96. The summed E-state index contributed by atoms with van der Waals surface area (Å²) in [5.74, 6) is 1.44. The fraction of sp³-hybridized carbons (Fsp3) is 0.429. The first-order valence-corrected chi connectivity index (χ1v) is 12.7. The normalized spacial score (nSPS) is 13.7. The number of rotatable bonds is 8. The molecule has 0 aliphatic heterocycles. The lowest BCUT2D eigenvalue weighted by Crippen LogP contribution is -2.45. The third-order valence-electron chi connectivity index (χ3n) is 6.89. The van der Waals surface area contributed by atoms with Gasteiger partial charge in [0.1, 0.15) is 0 Å². The summed E-state index contributed by atoms with van der Waals surface area (Å²) in [6, 6.07) is 12.5. The Morgan fingerprint density at radius 2 is 1.83 bits per heavy atom. The number of benzene rings is 2. The summed E-state index contributed by atoms with van der Waals surface area (Å²) in [5.41, 5.74) is 5.05. The van der Waals surface area contributed by atoms with Gasteiger partial charge < -0.3 is 24.7 Å². The number of H-pyrrole nitrogens is 1. The maximum absolute atomic E-state index is 13.0. The number of ether oxygens (including phenoxy) is 2. The van der Waals surface area contributed by atoms with E-state index in [-0.39, 0.29) is 5.56 Å². The topological polar surface area (TPSA) is 66.6 Å². The number of aryl methyl sites for hydroxylation is 2. The summed E-state index contributed by atoms with van der Waals surface area (Å²) in [6.45, 7) is 5.34. The third kappa shape index (κ3) is 5.78. The average Bonchev–Trinajstić information content (AvgIpc) is 3.37. The number of nitrogens with zero attached hydrogens (tertiary/aromatic N) is 1. The highest BCUT2D eigenvalue weighted by molar-refractivity contribution is 7.80. The van der Waals surface area contributed by atoms with E-state index in [0.717, 1.165) is 58.4 Å². The number of pyridine rings is 1. The van der Waals surface area contributed by atoms with E-state index in [4.69, 9.17) is 21.7 Å². The van der Waals surface area contributed by atoms with E-state index < -0.39 is 0 Å². The van der Waals surface area contributed by atoms with Gasteiger partial charge in [0, 0.05) is 29.1 Å². The van der Waals surface area contributed by atoms with Crippen molar-refractivity contribution in [3.63, 3.8) is 0 Å². The molecule has 0 spiro atoms. The summed E-state index contributed by atoms with van der Waals surface area (Å²) < 4.78 is 10.8. The van der Waals surface area contributed by atoms with Gasteiger partial charge in [-0.25, -0.2) is 0 Å². The number of thiocarbonyl (C=S) groups is 1. The van der Waals surface area contributed by atoms with Crippen LogP contribution in [0, 0.1) is 13.8 Å². The zero-order chi connectivity index (χ0) is 24.9. The van der Waals surface area contributed by atoms with Gasteiger partial charge in [-0.15, -0.1) is 0 Å². The molecule has 1 fully saturated rings. The Labute approximate surface area is 212 Å². The predicted octanol–water partition coefficient (Wildman–Crippen LogP) is 5.02. The smallest absolute Gasteiger partial charge is 0.253 e. The SMILES string of the molecule is COc1ccc(CCNC(=S)N(Cc2cc3c(C)cc(C)cc3[nH]c2=O)C2CCCC2)cc1OC. The number of hydrogen-bond acceptors (Lipinski definition) is 4. The van der Waals surface area contributed by atoms with Crippen molar-refractivity contribution in [2.75, 3.05) is 20.8 Å². The molecule has 1 aliphatic carbocycles. The molecule has 0 atom stereocenters. The first-order valence-electron chi connectivity index (χ1n) is 12.3. The fourth-order valence-corrected chi connectivity index (χ4v) is 5.37. The van der Waals surface area contributed by atoms with Gasteiger partial charge >= 0.3 is 0 Å². The summed E-state index contributed by atoms with van der Waals surface area (Å²) in [7, 11) is 3.28. The molecule has 4 rings (SSSR count). The van der Waals surface area contributed by atoms with Gasteiger partial charge in [-0.3, -0.25) is 4.79 Å². The van der Waals surface area contributed by atoms with E-state index >= 15 is 0 Å². The lowest BCUT2D eigenvalue weighted by molar-refractivity contribution is 0.302. The molecular weight excluding hydrogens is 458 g/mol. The molecule has 0 saturated heterocycles. The zero-order valence-corrected chi connectivity index (χ0v) is 21.9. The van der Waals surface area contributed by atoms with Crippen LogP contribution in [0.4, 0.5) is 0 Å². The molecular formula is C28H35N3O3S. The van der Waals surface area contributed by atoms with Gasteiger partial charge in [0.05, 0.1) is 20.8 Å². The minimum atomic E-state index is -0.0429. The molecule has 0 amide bonds. The quantitative estimate of drug-likeness (QED) is 0.430. The van der Waals surface area contributed by atoms with E-state index in [9.17, 15) is 4.79 Å². The van der Waals surface area contributed by atoms with Crippen LogP contribution in [0.1, 0.15) is 47.9 Å². The summed E-state index contributed by atoms with van der Waals surface area (Å²) in [6.07, 6.45) is 5.39. The van der Waals surface area contributed by atoms with Gasteiger partial charge in [0.2, 0.25) is 0 Å². The van der Waals surface area contributed by atoms with E-state index in [1.165, 1.54) is 18.4 Å².